The number of aliphatic hydroxyl groups is 1. The maximum absolute atomic E-state index is 10.5. The molecule has 0 saturated carbocycles. The molecule has 2 aromatic carbocycles. The van der Waals surface area contributed by atoms with Gasteiger partial charge in [0.25, 0.3) is 0 Å². The molecule has 0 fully saturated rings. The van der Waals surface area contributed by atoms with Crippen LogP contribution in [0.4, 0.5) is 5.82 Å². The van der Waals surface area contributed by atoms with E-state index >= 15 is 0 Å². The number of aromatic nitrogens is 2. The van der Waals surface area contributed by atoms with Gasteiger partial charge < -0.3 is 10.4 Å². The highest BCUT2D eigenvalue weighted by Gasteiger charge is 2.16. The van der Waals surface area contributed by atoms with Crippen LogP contribution in [0.2, 0.25) is 0 Å². The van der Waals surface area contributed by atoms with Crippen molar-refractivity contribution >= 4 is 16.7 Å². The molecule has 2 atom stereocenters. The van der Waals surface area contributed by atoms with Crippen LogP contribution in [0.15, 0.2) is 54.9 Å². The second-order valence-corrected chi connectivity index (χ2v) is 5.88. The fourth-order valence-electron chi connectivity index (χ4n) is 2.69. The lowest BCUT2D eigenvalue weighted by Gasteiger charge is -2.21. The van der Waals surface area contributed by atoms with Crippen molar-refractivity contribution in [2.75, 3.05) is 5.32 Å². The Labute approximate surface area is 136 Å². The molecule has 118 valence electrons. The number of nitrogens with one attached hydrogen (secondary N) is 1. The second-order valence-electron chi connectivity index (χ2n) is 5.88. The molecule has 0 spiro atoms. The highest BCUT2D eigenvalue weighted by atomic mass is 16.3. The maximum Gasteiger partial charge on any atom is 0.137 e. The van der Waals surface area contributed by atoms with Crippen molar-refractivity contribution in [2.24, 2.45) is 0 Å². The molecule has 0 aliphatic carbocycles. The van der Waals surface area contributed by atoms with Gasteiger partial charge in [0.2, 0.25) is 0 Å². The summed E-state index contributed by atoms with van der Waals surface area (Å²) < 4.78 is 0. The molecule has 23 heavy (non-hydrogen) atoms. The van der Waals surface area contributed by atoms with Crippen molar-refractivity contribution in [2.45, 2.75) is 32.4 Å². The number of hydrogen-bond acceptors (Lipinski definition) is 4. The van der Waals surface area contributed by atoms with Gasteiger partial charge in [0, 0.05) is 11.8 Å². The Morgan fingerprint density at radius 1 is 1.04 bits per heavy atom. The third kappa shape index (κ3) is 3.48. The minimum absolute atomic E-state index is 0.117. The monoisotopic (exact) mass is 307 g/mol. The van der Waals surface area contributed by atoms with Gasteiger partial charge in [-0.25, -0.2) is 9.97 Å². The van der Waals surface area contributed by atoms with Crippen molar-refractivity contribution in [3.63, 3.8) is 0 Å². The molecule has 0 radical (unpaired) electrons. The van der Waals surface area contributed by atoms with E-state index in [0.29, 0.717) is 6.42 Å². The van der Waals surface area contributed by atoms with Gasteiger partial charge in [-0.1, -0.05) is 42.5 Å². The Hall–Kier alpha value is -2.46. The first-order chi connectivity index (χ1) is 11.1. The average Bonchev–Trinajstić information content (AvgIpc) is 2.56. The number of benzene rings is 2. The van der Waals surface area contributed by atoms with E-state index in [1.54, 1.807) is 6.33 Å². The molecule has 0 saturated heterocycles. The van der Waals surface area contributed by atoms with E-state index in [1.807, 2.05) is 62.4 Å². The summed E-state index contributed by atoms with van der Waals surface area (Å²) in [6.45, 7) is 4.00. The topological polar surface area (TPSA) is 58.0 Å². The summed E-state index contributed by atoms with van der Waals surface area (Å²) in [4.78, 5) is 8.69. The van der Waals surface area contributed by atoms with Crippen LogP contribution in [0.3, 0.4) is 0 Å². The van der Waals surface area contributed by atoms with Crippen molar-refractivity contribution in [1.82, 2.24) is 9.97 Å². The number of aliphatic hydroxyl groups excluding tert-OH is 1. The van der Waals surface area contributed by atoms with Gasteiger partial charge in [0.05, 0.1) is 17.7 Å². The number of nitrogens with zero attached hydrogens (tertiary/aromatic N) is 2. The highest BCUT2D eigenvalue weighted by molar-refractivity contribution is 5.90. The van der Waals surface area contributed by atoms with Crippen molar-refractivity contribution in [1.29, 1.82) is 0 Å². The number of fused-ring (bicyclic) bond motifs is 1. The summed E-state index contributed by atoms with van der Waals surface area (Å²) in [5.74, 6) is 0.762. The quantitative estimate of drug-likeness (QED) is 0.759. The first-order valence-electron chi connectivity index (χ1n) is 7.84. The third-order valence-electron chi connectivity index (χ3n) is 4.10. The lowest BCUT2D eigenvalue weighted by Crippen LogP contribution is -2.32. The fraction of sp³-hybridized carbons (Fsp3) is 0.263. The average molecular weight is 307 g/mol. The number of anilines is 1. The molecule has 2 N–H and O–H groups in total. The van der Waals surface area contributed by atoms with Crippen LogP contribution in [0.5, 0.6) is 0 Å². The molecule has 0 aliphatic rings. The SMILES string of the molecule is Cc1cccc2c(NC(C)C(O)Cc3ccccc3)ncnc12. The van der Waals surface area contributed by atoms with Crippen LogP contribution in [0, 0.1) is 6.92 Å². The van der Waals surface area contributed by atoms with E-state index in [0.717, 1.165) is 27.8 Å². The second kappa shape index (κ2) is 6.75. The highest BCUT2D eigenvalue weighted by Crippen LogP contribution is 2.22. The van der Waals surface area contributed by atoms with Gasteiger partial charge in [0.15, 0.2) is 0 Å². The van der Waals surface area contributed by atoms with E-state index in [-0.39, 0.29) is 6.04 Å². The minimum atomic E-state index is -0.493. The van der Waals surface area contributed by atoms with Gasteiger partial charge in [-0.3, -0.25) is 0 Å². The van der Waals surface area contributed by atoms with E-state index in [2.05, 4.69) is 15.3 Å². The molecule has 0 amide bonds. The Morgan fingerprint density at radius 3 is 2.61 bits per heavy atom. The van der Waals surface area contributed by atoms with E-state index in [1.165, 1.54) is 0 Å². The molecule has 4 nitrogen and oxygen atoms in total. The summed E-state index contributed by atoms with van der Waals surface area (Å²) in [5.41, 5.74) is 3.18. The molecule has 4 heteroatoms. The summed E-state index contributed by atoms with van der Waals surface area (Å²) >= 11 is 0. The zero-order valence-electron chi connectivity index (χ0n) is 13.4. The maximum atomic E-state index is 10.5. The molecule has 0 aliphatic heterocycles. The summed E-state index contributed by atoms with van der Waals surface area (Å²) in [7, 11) is 0. The van der Waals surface area contributed by atoms with Crippen LogP contribution < -0.4 is 5.32 Å². The molecule has 1 heterocycles. The van der Waals surface area contributed by atoms with Crippen molar-refractivity contribution < 1.29 is 5.11 Å². The molecule has 3 aromatic rings. The largest absolute Gasteiger partial charge is 0.391 e. The lowest BCUT2D eigenvalue weighted by atomic mass is 10.0. The lowest BCUT2D eigenvalue weighted by molar-refractivity contribution is 0.158. The third-order valence-corrected chi connectivity index (χ3v) is 4.10. The Morgan fingerprint density at radius 2 is 1.83 bits per heavy atom. The van der Waals surface area contributed by atoms with Gasteiger partial charge in [-0.2, -0.15) is 0 Å². The van der Waals surface area contributed by atoms with Crippen LogP contribution in [0.1, 0.15) is 18.1 Å². The van der Waals surface area contributed by atoms with E-state index in [9.17, 15) is 5.11 Å². The predicted octanol–water partition coefficient (Wildman–Crippen LogP) is 3.34. The first kappa shape index (κ1) is 15.4. The Kier molecular flexibility index (Phi) is 4.53. The normalized spacial score (nSPS) is 13.7. The molecule has 2 unspecified atom stereocenters. The number of rotatable bonds is 5. The van der Waals surface area contributed by atoms with E-state index < -0.39 is 6.10 Å². The van der Waals surface area contributed by atoms with Crippen molar-refractivity contribution in [3.8, 4) is 0 Å². The van der Waals surface area contributed by atoms with Gasteiger partial charge in [-0.15, -0.1) is 0 Å². The van der Waals surface area contributed by atoms with Crippen LogP contribution in [-0.4, -0.2) is 27.2 Å². The van der Waals surface area contributed by atoms with Gasteiger partial charge in [0.1, 0.15) is 12.1 Å². The Bertz CT molecular complexity index is 789. The molecule has 1 aromatic heterocycles. The zero-order valence-corrected chi connectivity index (χ0v) is 13.4. The molecular formula is C19H21N3O. The smallest absolute Gasteiger partial charge is 0.137 e. The van der Waals surface area contributed by atoms with Gasteiger partial charge >= 0.3 is 0 Å². The molecule has 3 rings (SSSR count). The Balaban J connectivity index is 1.77. The van der Waals surface area contributed by atoms with Crippen LogP contribution in [-0.2, 0) is 6.42 Å². The zero-order chi connectivity index (χ0) is 16.2. The summed E-state index contributed by atoms with van der Waals surface area (Å²) in [6.07, 6.45) is 1.68. The summed E-state index contributed by atoms with van der Waals surface area (Å²) in [5, 5.41) is 14.8. The minimum Gasteiger partial charge on any atom is -0.391 e. The molecular weight excluding hydrogens is 286 g/mol. The van der Waals surface area contributed by atoms with Crippen molar-refractivity contribution in [3.05, 3.63) is 66.0 Å². The standard InChI is InChI=1S/C19H21N3O/c1-13-7-6-10-16-18(13)20-12-21-19(16)22-14(2)17(23)11-15-8-4-3-5-9-15/h3-10,12,14,17,23H,11H2,1-2H3,(H,20,21,22). The van der Waals surface area contributed by atoms with Crippen LogP contribution >= 0.6 is 0 Å². The predicted molar refractivity (Wildman–Crippen MR) is 93.5 cm³/mol. The van der Waals surface area contributed by atoms with Crippen LogP contribution in [0.25, 0.3) is 10.9 Å². The summed E-state index contributed by atoms with van der Waals surface area (Å²) in [6, 6.07) is 15.9. The number of para-hydroxylation sites is 1. The van der Waals surface area contributed by atoms with Gasteiger partial charge in [-0.05, 0) is 31.0 Å². The van der Waals surface area contributed by atoms with E-state index in [4.69, 9.17) is 0 Å². The fourth-order valence-corrected chi connectivity index (χ4v) is 2.69. The number of aryl methyl sites for hydroxylation is 1. The number of hydrogen-bond donors (Lipinski definition) is 2. The molecule has 0 bridgehead atoms. The first-order valence-corrected chi connectivity index (χ1v) is 7.84.